The van der Waals surface area contributed by atoms with Crippen LogP contribution in [0.25, 0.3) is 10.9 Å². The van der Waals surface area contributed by atoms with Gasteiger partial charge in [-0.3, -0.25) is 4.79 Å². The number of hydrogen-bond donors (Lipinski definition) is 1. The van der Waals surface area contributed by atoms with Gasteiger partial charge in [0.15, 0.2) is 0 Å². The third kappa shape index (κ3) is 3.01. The zero-order chi connectivity index (χ0) is 14.8. The normalized spacial score (nSPS) is 19.0. The fourth-order valence-electron chi connectivity index (χ4n) is 2.77. The molecule has 0 aliphatic carbocycles. The van der Waals surface area contributed by atoms with Crippen molar-refractivity contribution in [2.24, 2.45) is 0 Å². The molecule has 1 aromatic carbocycles. The molecule has 4 nitrogen and oxygen atoms in total. The molecule has 21 heavy (non-hydrogen) atoms. The van der Waals surface area contributed by atoms with E-state index < -0.39 is 0 Å². The van der Waals surface area contributed by atoms with Gasteiger partial charge in [0.2, 0.25) is 0 Å². The summed E-state index contributed by atoms with van der Waals surface area (Å²) in [5.74, 6) is -0.00294. The van der Waals surface area contributed by atoms with Gasteiger partial charge in [0.05, 0.1) is 5.52 Å². The number of nitrogens with one attached hydrogen (secondary N) is 1. The first kappa shape index (κ1) is 14.3. The molecular formula is C16H18ClN3O. The van der Waals surface area contributed by atoms with Crippen LogP contribution in [0.4, 0.5) is 0 Å². The zero-order valence-corrected chi connectivity index (χ0v) is 12.7. The fraction of sp³-hybridized carbons (Fsp3) is 0.375. The largest absolute Gasteiger partial charge is 0.336 e. The third-order valence-electron chi connectivity index (χ3n) is 3.99. The second kappa shape index (κ2) is 6.00. The van der Waals surface area contributed by atoms with E-state index in [9.17, 15) is 4.79 Å². The van der Waals surface area contributed by atoms with E-state index in [1.807, 2.05) is 30.1 Å². The number of piperidine rings is 1. The predicted octanol–water partition coefficient (Wildman–Crippen LogP) is 2.71. The number of fused-ring (bicyclic) bond motifs is 1. The Labute approximate surface area is 129 Å². The molecule has 0 spiro atoms. The predicted molar refractivity (Wildman–Crippen MR) is 84.7 cm³/mol. The number of pyridine rings is 1. The number of likely N-dealkylation sites (N-methyl/N-ethyl adjacent to an activating group) is 1. The molecule has 1 fully saturated rings. The molecule has 1 atom stereocenters. The van der Waals surface area contributed by atoms with Gasteiger partial charge < -0.3 is 10.2 Å². The van der Waals surface area contributed by atoms with Crippen LogP contribution in [0.2, 0.25) is 5.02 Å². The van der Waals surface area contributed by atoms with Crippen LogP contribution >= 0.6 is 11.6 Å². The number of rotatable bonds is 2. The van der Waals surface area contributed by atoms with Crippen LogP contribution in [0.3, 0.4) is 0 Å². The summed E-state index contributed by atoms with van der Waals surface area (Å²) in [6.45, 7) is 1.54. The summed E-state index contributed by atoms with van der Waals surface area (Å²) in [5, 5.41) is 4.87. The Morgan fingerprint density at radius 2 is 2.19 bits per heavy atom. The Hall–Kier alpha value is -1.65. The van der Waals surface area contributed by atoms with Crippen molar-refractivity contribution in [3.8, 4) is 0 Å². The monoisotopic (exact) mass is 303 g/mol. The van der Waals surface area contributed by atoms with Gasteiger partial charge in [0.1, 0.15) is 5.69 Å². The van der Waals surface area contributed by atoms with Gasteiger partial charge in [-0.2, -0.15) is 0 Å². The molecule has 1 amide bonds. The van der Waals surface area contributed by atoms with E-state index in [4.69, 9.17) is 11.6 Å². The molecule has 1 N–H and O–H groups in total. The summed E-state index contributed by atoms with van der Waals surface area (Å²) in [4.78, 5) is 18.9. The lowest BCUT2D eigenvalue weighted by molar-refractivity contribution is 0.0692. The first-order valence-electron chi connectivity index (χ1n) is 7.20. The quantitative estimate of drug-likeness (QED) is 0.928. The summed E-state index contributed by atoms with van der Waals surface area (Å²) in [7, 11) is 1.94. The Bertz CT molecular complexity index is 674. The molecule has 3 rings (SSSR count). The van der Waals surface area contributed by atoms with E-state index in [1.165, 1.54) is 0 Å². The SMILES string of the molecule is CNC1CCCN(C(=O)c2ccc3ccc(Cl)cc3n2)C1. The second-order valence-electron chi connectivity index (χ2n) is 5.41. The Morgan fingerprint density at radius 1 is 1.38 bits per heavy atom. The number of nitrogens with zero attached hydrogens (tertiary/aromatic N) is 2. The van der Waals surface area contributed by atoms with Gasteiger partial charge in [-0.15, -0.1) is 0 Å². The van der Waals surface area contributed by atoms with E-state index in [0.29, 0.717) is 16.8 Å². The summed E-state index contributed by atoms with van der Waals surface area (Å²) in [6.07, 6.45) is 2.14. The van der Waals surface area contributed by atoms with Crippen molar-refractivity contribution in [3.05, 3.63) is 41.0 Å². The molecule has 2 heterocycles. The maximum absolute atomic E-state index is 12.6. The van der Waals surface area contributed by atoms with Gasteiger partial charge in [0, 0.05) is 29.5 Å². The van der Waals surface area contributed by atoms with Gasteiger partial charge in [-0.25, -0.2) is 4.98 Å². The number of halogens is 1. The molecule has 5 heteroatoms. The van der Waals surface area contributed by atoms with Crippen molar-refractivity contribution >= 4 is 28.4 Å². The molecule has 0 bridgehead atoms. The van der Waals surface area contributed by atoms with E-state index in [-0.39, 0.29) is 5.91 Å². The van der Waals surface area contributed by atoms with Crippen molar-refractivity contribution < 1.29 is 4.79 Å². The van der Waals surface area contributed by atoms with Crippen LogP contribution < -0.4 is 5.32 Å². The van der Waals surface area contributed by atoms with Gasteiger partial charge >= 0.3 is 0 Å². The van der Waals surface area contributed by atoms with Gasteiger partial charge in [-0.05, 0) is 38.1 Å². The minimum atomic E-state index is -0.00294. The topological polar surface area (TPSA) is 45.2 Å². The lowest BCUT2D eigenvalue weighted by Gasteiger charge is -2.32. The zero-order valence-electron chi connectivity index (χ0n) is 12.0. The smallest absolute Gasteiger partial charge is 0.272 e. The van der Waals surface area contributed by atoms with E-state index in [1.54, 1.807) is 12.1 Å². The highest BCUT2D eigenvalue weighted by atomic mass is 35.5. The maximum Gasteiger partial charge on any atom is 0.272 e. The molecule has 1 unspecified atom stereocenters. The summed E-state index contributed by atoms with van der Waals surface area (Å²) >= 11 is 5.99. The standard InChI is InChI=1S/C16H18ClN3O/c1-18-13-3-2-8-20(10-13)16(21)14-7-5-11-4-6-12(17)9-15(11)19-14/h4-7,9,13,18H,2-3,8,10H2,1H3. The first-order chi connectivity index (χ1) is 10.2. The van der Waals surface area contributed by atoms with Crippen LogP contribution in [0.15, 0.2) is 30.3 Å². The number of aromatic nitrogens is 1. The number of likely N-dealkylation sites (tertiary alicyclic amines) is 1. The molecule has 0 saturated carbocycles. The van der Waals surface area contributed by atoms with Gasteiger partial charge in [-0.1, -0.05) is 23.7 Å². The van der Waals surface area contributed by atoms with E-state index >= 15 is 0 Å². The van der Waals surface area contributed by atoms with Crippen molar-refractivity contribution in [1.29, 1.82) is 0 Å². The lowest BCUT2D eigenvalue weighted by Crippen LogP contribution is -2.47. The molecular weight excluding hydrogens is 286 g/mol. The highest BCUT2D eigenvalue weighted by Gasteiger charge is 2.24. The van der Waals surface area contributed by atoms with Crippen molar-refractivity contribution in [3.63, 3.8) is 0 Å². The average molecular weight is 304 g/mol. The minimum Gasteiger partial charge on any atom is -0.336 e. The number of hydrogen-bond acceptors (Lipinski definition) is 3. The average Bonchev–Trinajstić information content (AvgIpc) is 2.53. The lowest BCUT2D eigenvalue weighted by atomic mass is 10.1. The first-order valence-corrected chi connectivity index (χ1v) is 7.58. The second-order valence-corrected chi connectivity index (χ2v) is 5.85. The van der Waals surface area contributed by atoms with Crippen LogP contribution in [0, 0.1) is 0 Å². The van der Waals surface area contributed by atoms with E-state index in [2.05, 4.69) is 10.3 Å². The van der Waals surface area contributed by atoms with Gasteiger partial charge in [0.25, 0.3) is 5.91 Å². The van der Waals surface area contributed by atoms with Crippen LogP contribution in [0.5, 0.6) is 0 Å². The van der Waals surface area contributed by atoms with Crippen LogP contribution in [-0.4, -0.2) is 42.0 Å². The Morgan fingerprint density at radius 3 is 3.00 bits per heavy atom. The number of amides is 1. The van der Waals surface area contributed by atoms with Crippen molar-refractivity contribution in [2.75, 3.05) is 20.1 Å². The van der Waals surface area contributed by atoms with Crippen molar-refractivity contribution in [1.82, 2.24) is 15.2 Å². The highest BCUT2D eigenvalue weighted by molar-refractivity contribution is 6.31. The number of carbonyl (C=O) groups is 1. The van der Waals surface area contributed by atoms with Crippen molar-refractivity contribution in [2.45, 2.75) is 18.9 Å². The number of benzene rings is 1. The molecule has 110 valence electrons. The maximum atomic E-state index is 12.6. The fourth-order valence-corrected chi connectivity index (χ4v) is 2.94. The molecule has 1 aliphatic heterocycles. The molecule has 0 radical (unpaired) electrons. The Balaban J connectivity index is 1.87. The van der Waals surface area contributed by atoms with E-state index in [0.717, 1.165) is 36.8 Å². The highest BCUT2D eigenvalue weighted by Crippen LogP contribution is 2.19. The summed E-state index contributed by atoms with van der Waals surface area (Å²) in [5.41, 5.74) is 1.25. The minimum absolute atomic E-state index is 0.00294. The molecule has 1 aliphatic rings. The number of carbonyl (C=O) groups excluding carboxylic acids is 1. The molecule has 1 aromatic heterocycles. The third-order valence-corrected chi connectivity index (χ3v) is 4.23. The van der Waals surface area contributed by atoms with Crippen LogP contribution in [0.1, 0.15) is 23.3 Å². The summed E-state index contributed by atoms with van der Waals surface area (Å²) < 4.78 is 0. The molecule has 1 saturated heterocycles. The molecule has 2 aromatic rings. The van der Waals surface area contributed by atoms with Crippen LogP contribution in [-0.2, 0) is 0 Å². The Kier molecular flexibility index (Phi) is 4.08. The summed E-state index contributed by atoms with van der Waals surface area (Å²) in [6, 6.07) is 9.62.